The summed E-state index contributed by atoms with van der Waals surface area (Å²) in [6.45, 7) is 1.23. The number of oxime groups is 1. The summed E-state index contributed by atoms with van der Waals surface area (Å²) in [4.78, 5) is 9.50. The molecule has 0 atom stereocenters. The maximum absolute atomic E-state index is 12.7. The highest BCUT2D eigenvalue weighted by molar-refractivity contribution is 6.01. The van der Waals surface area contributed by atoms with Crippen LogP contribution in [0.1, 0.15) is 43.4 Å². The predicted molar refractivity (Wildman–Crippen MR) is 85.1 cm³/mol. The van der Waals surface area contributed by atoms with Gasteiger partial charge < -0.3 is 14.3 Å². The van der Waals surface area contributed by atoms with Gasteiger partial charge in [0.1, 0.15) is 17.0 Å². The van der Waals surface area contributed by atoms with Gasteiger partial charge in [0.15, 0.2) is 5.79 Å². The normalized spacial score (nSPS) is 23.4. The molecule has 1 saturated heterocycles. The van der Waals surface area contributed by atoms with E-state index in [1.165, 1.54) is 0 Å². The number of hydrogen-bond acceptors (Lipinski definition) is 5. The second-order valence-corrected chi connectivity index (χ2v) is 6.77. The number of aromatic nitrogens is 1. The van der Waals surface area contributed by atoms with Crippen LogP contribution in [0.2, 0.25) is 0 Å². The number of rotatable bonds is 0. The fourth-order valence-corrected chi connectivity index (χ4v) is 3.54. The van der Waals surface area contributed by atoms with Gasteiger partial charge in [0.25, 0.3) is 0 Å². The van der Waals surface area contributed by atoms with E-state index in [-0.39, 0.29) is 5.69 Å². The lowest BCUT2D eigenvalue weighted by Gasteiger charge is -2.39. The minimum absolute atomic E-state index is 0.0545. The van der Waals surface area contributed by atoms with Gasteiger partial charge in [-0.2, -0.15) is 13.2 Å². The number of halogens is 3. The average Bonchev–Trinajstić information content (AvgIpc) is 3.24. The van der Waals surface area contributed by atoms with E-state index in [9.17, 15) is 13.2 Å². The van der Waals surface area contributed by atoms with Gasteiger partial charge in [0.2, 0.25) is 0 Å². The highest BCUT2D eigenvalue weighted by Crippen LogP contribution is 2.45. The summed E-state index contributed by atoms with van der Waals surface area (Å²) in [6, 6.07) is 1.85. The monoisotopic (exact) mass is 366 g/mol. The van der Waals surface area contributed by atoms with E-state index in [1.807, 2.05) is 0 Å². The fourth-order valence-electron chi connectivity index (χ4n) is 3.54. The van der Waals surface area contributed by atoms with Crippen LogP contribution in [0, 0.1) is 11.8 Å². The molecule has 1 aliphatic carbocycles. The summed E-state index contributed by atoms with van der Waals surface area (Å²) in [6.07, 6.45) is 0.169. The van der Waals surface area contributed by atoms with Gasteiger partial charge in [0, 0.05) is 25.5 Å². The molecule has 2 spiro atoms. The van der Waals surface area contributed by atoms with Crippen molar-refractivity contribution in [1.82, 2.24) is 4.98 Å². The fraction of sp³-hybridized carbons (Fsp3) is 0.556. The third-order valence-electron chi connectivity index (χ3n) is 5.00. The first-order valence-electron chi connectivity index (χ1n) is 8.47. The van der Waals surface area contributed by atoms with Crippen LogP contribution in [-0.2, 0) is 20.5 Å². The Balaban J connectivity index is 1.41. The molecule has 3 heterocycles. The van der Waals surface area contributed by atoms with Gasteiger partial charge in [-0.1, -0.05) is 5.16 Å². The maximum atomic E-state index is 12.7. The van der Waals surface area contributed by atoms with Crippen LogP contribution in [0.3, 0.4) is 0 Å². The summed E-state index contributed by atoms with van der Waals surface area (Å²) in [5.41, 5.74) is -0.606. The molecule has 0 aromatic carbocycles. The lowest BCUT2D eigenvalue weighted by Crippen LogP contribution is -2.43. The first kappa shape index (κ1) is 17.3. The molecule has 2 fully saturated rings. The molecule has 0 bridgehead atoms. The van der Waals surface area contributed by atoms with Crippen molar-refractivity contribution in [3.63, 3.8) is 0 Å². The van der Waals surface area contributed by atoms with E-state index in [2.05, 4.69) is 22.0 Å². The Labute approximate surface area is 148 Å². The van der Waals surface area contributed by atoms with E-state index >= 15 is 0 Å². The van der Waals surface area contributed by atoms with Gasteiger partial charge in [-0.25, -0.2) is 4.98 Å². The Hall–Kier alpha value is -2.11. The van der Waals surface area contributed by atoms with Crippen LogP contribution in [-0.4, -0.2) is 35.3 Å². The van der Waals surface area contributed by atoms with Crippen LogP contribution in [0.25, 0.3) is 0 Å². The minimum Gasteiger partial charge on any atom is -0.388 e. The largest absolute Gasteiger partial charge is 0.416 e. The number of pyridine rings is 1. The van der Waals surface area contributed by atoms with Crippen molar-refractivity contribution in [3.8, 4) is 11.8 Å². The lowest BCUT2D eigenvalue weighted by atomic mass is 9.79. The van der Waals surface area contributed by atoms with Gasteiger partial charge in [-0.3, -0.25) is 0 Å². The Morgan fingerprint density at radius 1 is 1.04 bits per heavy atom. The molecule has 138 valence electrons. The summed E-state index contributed by atoms with van der Waals surface area (Å²) >= 11 is 0. The quantitative estimate of drug-likeness (QED) is 0.662. The van der Waals surface area contributed by atoms with E-state index in [1.54, 1.807) is 0 Å². The van der Waals surface area contributed by atoms with Crippen LogP contribution in [0.4, 0.5) is 13.2 Å². The van der Waals surface area contributed by atoms with Crippen molar-refractivity contribution < 1.29 is 27.5 Å². The summed E-state index contributed by atoms with van der Waals surface area (Å²) < 4.78 is 49.6. The van der Waals surface area contributed by atoms with Gasteiger partial charge in [-0.15, -0.1) is 0 Å². The van der Waals surface area contributed by atoms with E-state index in [0.717, 1.165) is 44.0 Å². The zero-order valence-corrected chi connectivity index (χ0v) is 13.9. The maximum Gasteiger partial charge on any atom is 0.416 e. The van der Waals surface area contributed by atoms with Gasteiger partial charge in [-0.05, 0) is 36.8 Å². The van der Waals surface area contributed by atoms with Crippen molar-refractivity contribution in [1.29, 1.82) is 0 Å². The van der Waals surface area contributed by atoms with E-state index < -0.39 is 23.1 Å². The Kier molecular flexibility index (Phi) is 4.16. The third kappa shape index (κ3) is 3.41. The van der Waals surface area contributed by atoms with Crippen molar-refractivity contribution in [2.24, 2.45) is 5.16 Å². The SMILES string of the molecule is FC(F)(F)c1ccnc(C#CC2=NOC3(CCC4(CC3)OCCO4)C2)c1. The predicted octanol–water partition coefficient (Wildman–Crippen LogP) is 3.28. The topological polar surface area (TPSA) is 52.9 Å². The van der Waals surface area contributed by atoms with Gasteiger partial charge >= 0.3 is 6.18 Å². The van der Waals surface area contributed by atoms with Crippen LogP contribution >= 0.6 is 0 Å². The second-order valence-electron chi connectivity index (χ2n) is 6.77. The standard InChI is InChI=1S/C18H17F3N2O3/c19-18(20,21)13-3-8-22-14(11-13)1-2-15-12-16(26-23-15)4-6-17(7-5-16)24-9-10-25-17/h3,8,11H,4-7,9-10,12H2. The van der Waals surface area contributed by atoms with Crippen LogP contribution in [0.15, 0.2) is 23.5 Å². The number of nitrogens with zero attached hydrogens (tertiary/aromatic N) is 2. The second kappa shape index (κ2) is 6.25. The Morgan fingerprint density at radius 2 is 1.77 bits per heavy atom. The molecule has 1 saturated carbocycles. The molecule has 0 N–H and O–H groups in total. The van der Waals surface area contributed by atoms with Crippen molar-refractivity contribution in [3.05, 3.63) is 29.6 Å². The molecule has 0 unspecified atom stereocenters. The molecule has 26 heavy (non-hydrogen) atoms. The third-order valence-corrected chi connectivity index (χ3v) is 5.00. The van der Waals surface area contributed by atoms with Crippen LogP contribution in [0.5, 0.6) is 0 Å². The first-order valence-corrected chi connectivity index (χ1v) is 8.47. The average molecular weight is 366 g/mol. The van der Waals surface area contributed by atoms with Crippen molar-refractivity contribution in [2.75, 3.05) is 13.2 Å². The highest BCUT2D eigenvalue weighted by Gasteiger charge is 2.50. The molecule has 5 nitrogen and oxygen atoms in total. The highest BCUT2D eigenvalue weighted by atomic mass is 19.4. The molecule has 3 aliphatic rings. The molecule has 1 aromatic rings. The molecule has 4 rings (SSSR count). The summed E-state index contributed by atoms with van der Waals surface area (Å²) in [5.74, 6) is 4.96. The Morgan fingerprint density at radius 3 is 2.46 bits per heavy atom. The van der Waals surface area contributed by atoms with Crippen LogP contribution < -0.4 is 0 Å². The van der Waals surface area contributed by atoms with E-state index in [0.29, 0.717) is 25.3 Å². The zero-order valence-electron chi connectivity index (χ0n) is 13.9. The molecule has 8 heteroatoms. The Bertz CT molecular complexity index is 779. The molecule has 0 radical (unpaired) electrons. The van der Waals surface area contributed by atoms with Crippen molar-refractivity contribution >= 4 is 5.71 Å². The first-order chi connectivity index (χ1) is 12.4. The minimum atomic E-state index is -4.42. The number of ether oxygens (including phenoxy) is 2. The summed E-state index contributed by atoms with van der Waals surface area (Å²) in [7, 11) is 0. The number of alkyl halides is 3. The van der Waals surface area contributed by atoms with E-state index in [4.69, 9.17) is 14.3 Å². The number of hydrogen-bond donors (Lipinski definition) is 0. The molecular weight excluding hydrogens is 349 g/mol. The zero-order chi connectivity index (χ0) is 18.3. The smallest absolute Gasteiger partial charge is 0.388 e. The molecular formula is C18H17F3N2O3. The molecule has 0 amide bonds. The molecule has 1 aromatic heterocycles. The van der Waals surface area contributed by atoms with Gasteiger partial charge in [0.05, 0.1) is 18.8 Å². The molecule has 2 aliphatic heterocycles. The lowest BCUT2D eigenvalue weighted by molar-refractivity contribution is -0.206. The summed E-state index contributed by atoms with van der Waals surface area (Å²) in [5, 5.41) is 4.03. The van der Waals surface area contributed by atoms with Crippen molar-refractivity contribution in [2.45, 2.75) is 49.7 Å².